The first-order valence-electron chi connectivity index (χ1n) is 7.56. The van der Waals surface area contributed by atoms with Gasteiger partial charge in [-0.3, -0.25) is 4.79 Å². The number of halogens is 3. The number of carbonyl (C=O) groups excluding carboxylic acids is 1. The highest BCUT2D eigenvalue weighted by atomic mass is 19.4. The van der Waals surface area contributed by atoms with E-state index in [1.807, 2.05) is 18.2 Å². The summed E-state index contributed by atoms with van der Waals surface area (Å²) in [5, 5.41) is 2.41. The molecule has 2 aromatic carbocycles. The number of nitrogens with zero attached hydrogens (tertiary/aromatic N) is 1. The second-order valence-corrected chi connectivity index (χ2v) is 5.80. The van der Waals surface area contributed by atoms with E-state index in [0.717, 1.165) is 5.56 Å². The number of nitrogens with one attached hydrogen (secondary N) is 1. The molecule has 0 fully saturated rings. The van der Waals surface area contributed by atoms with Gasteiger partial charge in [0.1, 0.15) is 0 Å². The predicted octanol–water partition coefficient (Wildman–Crippen LogP) is 4.27. The van der Waals surface area contributed by atoms with Crippen LogP contribution in [0.4, 0.5) is 18.9 Å². The van der Waals surface area contributed by atoms with Gasteiger partial charge in [0.15, 0.2) is 5.75 Å². The molecule has 4 nitrogen and oxygen atoms in total. The summed E-state index contributed by atoms with van der Waals surface area (Å²) in [4.78, 5) is 13.1. The van der Waals surface area contributed by atoms with Gasteiger partial charge in [0.05, 0.1) is 5.69 Å². The van der Waals surface area contributed by atoms with Gasteiger partial charge in [0.25, 0.3) is 0 Å². The van der Waals surface area contributed by atoms with Crippen LogP contribution >= 0.6 is 0 Å². The summed E-state index contributed by atoms with van der Waals surface area (Å²) in [5.74, 6) is -0.868. The highest BCUT2D eigenvalue weighted by Gasteiger charge is 2.34. The SMILES string of the molecule is CC(=O)Nc1ccc(-c2ccccc2)c(CN(C)C)c1OC(F)(F)F. The van der Waals surface area contributed by atoms with E-state index in [2.05, 4.69) is 10.1 Å². The molecule has 0 atom stereocenters. The molecule has 0 radical (unpaired) electrons. The van der Waals surface area contributed by atoms with Crippen LogP contribution in [0, 0.1) is 0 Å². The highest BCUT2D eigenvalue weighted by molar-refractivity contribution is 5.92. The Morgan fingerprint density at radius 1 is 1.12 bits per heavy atom. The van der Waals surface area contributed by atoms with Crippen molar-refractivity contribution in [1.29, 1.82) is 0 Å². The number of alkyl halides is 3. The molecule has 0 saturated heterocycles. The number of hydrogen-bond donors (Lipinski definition) is 1. The second kappa shape index (κ2) is 7.57. The number of hydrogen-bond acceptors (Lipinski definition) is 3. The lowest BCUT2D eigenvalue weighted by Crippen LogP contribution is -2.22. The van der Waals surface area contributed by atoms with Gasteiger partial charge < -0.3 is 15.0 Å². The molecule has 0 unspecified atom stereocenters. The van der Waals surface area contributed by atoms with Gasteiger partial charge in [-0.05, 0) is 31.3 Å². The van der Waals surface area contributed by atoms with Gasteiger partial charge in [0, 0.05) is 19.0 Å². The Morgan fingerprint density at radius 2 is 1.76 bits per heavy atom. The zero-order chi connectivity index (χ0) is 18.6. The third-order valence-corrected chi connectivity index (χ3v) is 3.35. The Kier molecular flexibility index (Phi) is 5.69. The van der Waals surface area contributed by atoms with Crippen molar-refractivity contribution in [3.8, 4) is 16.9 Å². The molecule has 0 aliphatic heterocycles. The Balaban J connectivity index is 2.68. The molecule has 0 bridgehead atoms. The average Bonchev–Trinajstić information content (AvgIpc) is 2.49. The van der Waals surface area contributed by atoms with Gasteiger partial charge >= 0.3 is 6.36 Å². The molecule has 2 aromatic rings. The number of benzene rings is 2. The molecule has 7 heteroatoms. The molecule has 1 amide bonds. The Hall–Kier alpha value is -2.54. The summed E-state index contributed by atoms with van der Waals surface area (Å²) in [6, 6.07) is 12.2. The molecule has 0 spiro atoms. The van der Waals surface area contributed by atoms with Gasteiger partial charge in [-0.25, -0.2) is 0 Å². The van der Waals surface area contributed by atoms with Crippen LogP contribution in [-0.2, 0) is 11.3 Å². The quantitative estimate of drug-likeness (QED) is 0.874. The third kappa shape index (κ3) is 5.22. The molecule has 1 N–H and O–H groups in total. The van der Waals surface area contributed by atoms with Gasteiger partial charge in [-0.2, -0.15) is 0 Å². The minimum Gasteiger partial charge on any atom is -0.403 e. The van der Waals surface area contributed by atoms with E-state index in [9.17, 15) is 18.0 Å². The molecule has 134 valence electrons. The van der Waals surface area contributed by atoms with E-state index in [0.29, 0.717) is 11.1 Å². The normalized spacial score (nSPS) is 11.5. The number of anilines is 1. The van der Waals surface area contributed by atoms with Crippen molar-refractivity contribution < 1.29 is 22.7 Å². The molecule has 0 aliphatic rings. The first-order valence-corrected chi connectivity index (χ1v) is 7.56. The number of ether oxygens (including phenoxy) is 1. The summed E-state index contributed by atoms with van der Waals surface area (Å²) in [6.45, 7) is 1.44. The van der Waals surface area contributed by atoms with E-state index < -0.39 is 18.0 Å². The van der Waals surface area contributed by atoms with E-state index in [1.54, 1.807) is 37.2 Å². The summed E-state index contributed by atoms with van der Waals surface area (Å²) in [5.41, 5.74) is 1.71. The first kappa shape index (κ1) is 18.8. The third-order valence-electron chi connectivity index (χ3n) is 3.35. The average molecular weight is 352 g/mol. The van der Waals surface area contributed by atoms with Crippen molar-refractivity contribution in [1.82, 2.24) is 4.90 Å². The summed E-state index contributed by atoms with van der Waals surface area (Å²) >= 11 is 0. The smallest absolute Gasteiger partial charge is 0.403 e. The largest absolute Gasteiger partial charge is 0.573 e. The lowest BCUT2D eigenvalue weighted by atomic mass is 9.97. The van der Waals surface area contributed by atoms with Crippen molar-refractivity contribution in [3.63, 3.8) is 0 Å². The molecule has 0 heterocycles. The number of carbonyl (C=O) groups is 1. The maximum absolute atomic E-state index is 13.0. The number of amides is 1. The molecular formula is C18H19F3N2O2. The molecule has 25 heavy (non-hydrogen) atoms. The van der Waals surface area contributed by atoms with Crippen molar-refractivity contribution >= 4 is 11.6 Å². The van der Waals surface area contributed by atoms with Gasteiger partial charge in [-0.15, -0.1) is 13.2 Å². The molecule has 2 rings (SSSR count). The van der Waals surface area contributed by atoms with Crippen LogP contribution in [0.1, 0.15) is 12.5 Å². The van der Waals surface area contributed by atoms with E-state index in [1.165, 1.54) is 13.0 Å². The van der Waals surface area contributed by atoms with Crippen LogP contribution in [0.2, 0.25) is 0 Å². The maximum Gasteiger partial charge on any atom is 0.573 e. The van der Waals surface area contributed by atoms with Crippen LogP contribution in [0.15, 0.2) is 42.5 Å². The molecule has 0 aliphatic carbocycles. The lowest BCUT2D eigenvalue weighted by molar-refractivity contribution is -0.274. The van der Waals surface area contributed by atoms with Crippen LogP contribution in [0.5, 0.6) is 5.75 Å². The van der Waals surface area contributed by atoms with E-state index in [4.69, 9.17) is 0 Å². The first-order chi connectivity index (χ1) is 11.7. The summed E-state index contributed by atoms with van der Waals surface area (Å²) in [6.07, 6.45) is -4.87. The maximum atomic E-state index is 13.0. The molecule has 0 aromatic heterocycles. The molecule has 0 saturated carbocycles. The van der Waals surface area contributed by atoms with Gasteiger partial charge in [-0.1, -0.05) is 36.4 Å². The Bertz CT molecular complexity index is 744. The fourth-order valence-corrected chi connectivity index (χ4v) is 2.51. The van der Waals surface area contributed by atoms with Crippen LogP contribution in [0.3, 0.4) is 0 Å². The minimum absolute atomic E-state index is 0.0126. The minimum atomic E-state index is -4.87. The van der Waals surface area contributed by atoms with Crippen molar-refractivity contribution in [3.05, 3.63) is 48.0 Å². The lowest BCUT2D eigenvalue weighted by Gasteiger charge is -2.22. The summed E-state index contributed by atoms with van der Waals surface area (Å²) in [7, 11) is 3.49. The number of rotatable bonds is 5. The van der Waals surface area contributed by atoms with Crippen LogP contribution in [-0.4, -0.2) is 31.3 Å². The van der Waals surface area contributed by atoms with Crippen molar-refractivity contribution in [2.24, 2.45) is 0 Å². The van der Waals surface area contributed by atoms with Crippen LogP contribution < -0.4 is 10.1 Å². The summed E-state index contributed by atoms with van der Waals surface area (Å²) < 4.78 is 43.2. The predicted molar refractivity (Wildman–Crippen MR) is 90.3 cm³/mol. The fraction of sp³-hybridized carbons (Fsp3) is 0.278. The van der Waals surface area contributed by atoms with Gasteiger partial charge in [0.2, 0.25) is 5.91 Å². The van der Waals surface area contributed by atoms with E-state index in [-0.39, 0.29) is 12.2 Å². The highest BCUT2D eigenvalue weighted by Crippen LogP contribution is 2.40. The zero-order valence-electron chi connectivity index (χ0n) is 14.1. The monoisotopic (exact) mass is 352 g/mol. The van der Waals surface area contributed by atoms with E-state index >= 15 is 0 Å². The van der Waals surface area contributed by atoms with Crippen LogP contribution in [0.25, 0.3) is 11.1 Å². The topological polar surface area (TPSA) is 41.6 Å². The van der Waals surface area contributed by atoms with Crippen molar-refractivity contribution in [2.75, 3.05) is 19.4 Å². The Morgan fingerprint density at radius 3 is 2.28 bits per heavy atom. The zero-order valence-corrected chi connectivity index (χ0v) is 14.1. The standard InChI is InChI=1S/C18H19F3N2O2/c1-12(24)22-16-10-9-14(13-7-5-4-6-8-13)15(11-23(2)3)17(16)25-18(19,20)21/h4-10H,11H2,1-3H3,(H,22,24). The second-order valence-electron chi connectivity index (χ2n) is 5.80. The van der Waals surface area contributed by atoms with Crippen molar-refractivity contribution in [2.45, 2.75) is 19.8 Å². The molecular weight excluding hydrogens is 333 g/mol. The fourth-order valence-electron chi connectivity index (χ4n) is 2.51. The Labute approximate surface area is 144 Å².